The van der Waals surface area contributed by atoms with Gasteiger partial charge in [0.25, 0.3) is 5.56 Å². The van der Waals surface area contributed by atoms with Crippen LogP contribution in [0.1, 0.15) is 30.3 Å². The summed E-state index contributed by atoms with van der Waals surface area (Å²) >= 11 is 6.43. The number of esters is 1. The second kappa shape index (κ2) is 9.17. The highest BCUT2D eigenvalue weighted by atomic mass is 79.9. The molecule has 0 bridgehead atoms. The van der Waals surface area contributed by atoms with Crippen molar-refractivity contribution in [3.63, 3.8) is 0 Å². The fourth-order valence-electron chi connectivity index (χ4n) is 3.63. The first-order valence-corrected chi connectivity index (χ1v) is 12.5. The Morgan fingerprint density at radius 2 is 2.12 bits per heavy atom. The fourth-order valence-corrected chi connectivity index (χ4v) is 6.26. The van der Waals surface area contributed by atoms with Crippen LogP contribution in [0.2, 0.25) is 0 Å². The van der Waals surface area contributed by atoms with E-state index in [0.717, 1.165) is 20.6 Å². The van der Waals surface area contributed by atoms with Crippen LogP contribution in [0.4, 0.5) is 5.69 Å². The van der Waals surface area contributed by atoms with Crippen molar-refractivity contribution < 1.29 is 9.53 Å². The number of thiophene rings is 1. The van der Waals surface area contributed by atoms with Gasteiger partial charge in [0.15, 0.2) is 4.80 Å². The summed E-state index contributed by atoms with van der Waals surface area (Å²) < 4.78 is 8.42. The van der Waals surface area contributed by atoms with Gasteiger partial charge in [0.2, 0.25) is 0 Å². The molecular formula is C23H22BrN3O3S2. The average molecular weight is 532 g/mol. The Hall–Kier alpha value is -2.49. The van der Waals surface area contributed by atoms with Gasteiger partial charge in [0.05, 0.1) is 28.1 Å². The van der Waals surface area contributed by atoms with E-state index in [9.17, 15) is 9.59 Å². The molecular weight excluding hydrogens is 510 g/mol. The first kappa shape index (κ1) is 22.7. The smallest absolute Gasteiger partial charge is 0.338 e. The molecule has 6 nitrogen and oxygen atoms in total. The molecule has 1 atom stereocenters. The Bertz CT molecular complexity index is 1380. The van der Waals surface area contributed by atoms with Crippen molar-refractivity contribution in [2.45, 2.75) is 19.9 Å². The average Bonchev–Trinajstić information content (AvgIpc) is 3.36. The third kappa shape index (κ3) is 4.12. The summed E-state index contributed by atoms with van der Waals surface area (Å²) in [6, 6.07) is 9.27. The largest absolute Gasteiger partial charge is 0.463 e. The predicted octanol–water partition coefficient (Wildman–Crippen LogP) is 3.69. The maximum Gasteiger partial charge on any atom is 0.338 e. The number of aromatic nitrogens is 1. The first-order valence-electron chi connectivity index (χ1n) is 10.0. The summed E-state index contributed by atoms with van der Waals surface area (Å²) in [7, 11) is 3.96. The van der Waals surface area contributed by atoms with E-state index in [-0.39, 0.29) is 12.2 Å². The molecule has 0 amide bonds. The van der Waals surface area contributed by atoms with Crippen LogP contribution in [0.15, 0.2) is 61.2 Å². The lowest BCUT2D eigenvalue weighted by Crippen LogP contribution is -2.39. The van der Waals surface area contributed by atoms with E-state index in [2.05, 4.69) is 20.9 Å². The fraction of sp³-hybridized carbons (Fsp3) is 0.261. The number of carbonyl (C=O) groups is 1. The molecule has 1 aliphatic rings. The number of rotatable bonds is 5. The van der Waals surface area contributed by atoms with Gasteiger partial charge in [-0.2, -0.15) is 0 Å². The highest BCUT2D eigenvalue weighted by Gasteiger charge is 2.33. The second-order valence-corrected chi connectivity index (χ2v) is 10.3. The maximum absolute atomic E-state index is 13.5. The Balaban J connectivity index is 1.89. The minimum atomic E-state index is -0.546. The molecule has 1 aliphatic heterocycles. The molecule has 2 aromatic heterocycles. The van der Waals surface area contributed by atoms with Crippen LogP contribution in [-0.2, 0) is 9.53 Å². The normalized spacial score (nSPS) is 16.0. The van der Waals surface area contributed by atoms with E-state index in [0.29, 0.717) is 20.6 Å². The molecule has 0 saturated carbocycles. The van der Waals surface area contributed by atoms with Gasteiger partial charge in [0.1, 0.15) is 6.04 Å². The van der Waals surface area contributed by atoms with Gasteiger partial charge in [-0.1, -0.05) is 23.5 Å². The van der Waals surface area contributed by atoms with Crippen LogP contribution >= 0.6 is 38.6 Å². The van der Waals surface area contributed by atoms with Crippen molar-refractivity contribution in [3.05, 3.63) is 81.6 Å². The molecule has 1 aromatic carbocycles. The summed E-state index contributed by atoms with van der Waals surface area (Å²) in [6.07, 6.45) is 1.86. The standard InChI is InChI=1S/C23H22BrN3O3S2/c1-5-30-22(29)19-13(2)25-23-27(20(19)17-7-6-10-31-17)21(28)18(32-23)12-14-8-9-16(26(3)4)15(24)11-14/h6-12,20H,5H2,1-4H3/b18-12+/t20-/m0/s1. The van der Waals surface area contributed by atoms with Crippen LogP contribution in [0.3, 0.4) is 0 Å². The quantitative estimate of drug-likeness (QED) is 0.471. The Labute approximate surface area is 201 Å². The van der Waals surface area contributed by atoms with E-state index in [1.165, 1.54) is 22.7 Å². The molecule has 32 heavy (non-hydrogen) atoms. The van der Waals surface area contributed by atoms with Crippen molar-refractivity contribution in [1.29, 1.82) is 0 Å². The maximum atomic E-state index is 13.5. The molecule has 0 N–H and O–H groups in total. The lowest BCUT2D eigenvalue weighted by Gasteiger charge is -2.23. The van der Waals surface area contributed by atoms with Gasteiger partial charge in [-0.05, 0) is 65.0 Å². The predicted molar refractivity (Wildman–Crippen MR) is 133 cm³/mol. The molecule has 9 heteroatoms. The van der Waals surface area contributed by atoms with Crippen molar-refractivity contribution in [3.8, 4) is 0 Å². The van der Waals surface area contributed by atoms with E-state index in [4.69, 9.17) is 4.74 Å². The van der Waals surface area contributed by atoms with Crippen LogP contribution in [-0.4, -0.2) is 31.2 Å². The number of halogens is 1. The van der Waals surface area contributed by atoms with Gasteiger partial charge in [-0.15, -0.1) is 11.3 Å². The van der Waals surface area contributed by atoms with E-state index in [1.807, 2.05) is 60.8 Å². The van der Waals surface area contributed by atoms with Crippen LogP contribution in [0, 0.1) is 0 Å². The number of nitrogens with zero attached hydrogens (tertiary/aromatic N) is 3. The van der Waals surface area contributed by atoms with Crippen molar-refractivity contribution in [1.82, 2.24) is 4.57 Å². The third-order valence-electron chi connectivity index (χ3n) is 5.08. The van der Waals surface area contributed by atoms with Gasteiger partial charge < -0.3 is 9.64 Å². The lowest BCUT2D eigenvalue weighted by atomic mass is 10.0. The minimum Gasteiger partial charge on any atom is -0.463 e. The number of fused-ring (bicyclic) bond motifs is 1. The molecule has 0 fully saturated rings. The highest BCUT2D eigenvalue weighted by Crippen LogP contribution is 2.33. The van der Waals surface area contributed by atoms with Crippen LogP contribution in [0.25, 0.3) is 6.08 Å². The number of thiazole rings is 1. The zero-order valence-corrected chi connectivity index (χ0v) is 21.3. The van der Waals surface area contributed by atoms with E-state index in [1.54, 1.807) is 18.4 Å². The topological polar surface area (TPSA) is 63.9 Å². The molecule has 0 radical (unpaired) electrons. The Morgan fingerprint density at radius 1 is 1.34 bits per heavy atom. The molecule has 3 heterocycles. The summed E-state index contributed by atoms with van der Waals surface area (Å²) in [5.74, 6) is -0.440. The van der Waals surface area contributed by atoms with Gasteiger partial charge >= 0.3 is 5.97 Å². The van der Waals surface area contributed by atoms with Crippen molar-refractivity contribution in [2.75, 3.05) is 25.6 Å². The number of hydrogen-bond acceptors (Lipinski definition) is 7. The molecule has 0 spiro atoms. The second-order valence-electron chi connectivity index (χ2n) is 7.42. The van der Waals surface area contributed by atoms with E-state index < -0.39 is 12.0 Å². The molecule has 0 aliphatic carbocycles. The van der Waals surface area contributed by atoms with Crippen LogP contribution in [0.5, 0.6) is 0 Å². The van der Waals surface area contributed by atoms with Gasteiger partial charge in [-0.3, -0.25) is 9.36 Å². The van der Waals surface area contributed by atoms with Gasteiger partial charge in [0, 0.05) is 23.4 Å². The summed E-state index contributed by atoms with van der Waals surface area (Å²) in [6.45, 7) is 3.82. The zero-order valence-electron chi connectivity index (χ0n) is 18.1. The molecule has 3 aromatic rings. The van der Waals surface area contributed by atoms with Crippen molar-refractivity contribution >= 4 is 56.3 Å². The number of benzene rings is 1. The first-order chi connectivity index (χ1) is 15.3. The molecule has 166 valence electrons. The number of anilines is 1. The molecule has 0 saturated heterocycles. The Morgan fingerprint density at radius 3 is 2.75 bits per heavy atom. The summed E-state index contributed by atoms with van der Waals surface area (Å²) in [5.41, 5.74) is 2.77. The Kier molecular flexibility index (Phi) is 6.50. The molecule has 4 rings (SSSR count). The molecule has 0 unspecified atom stereocenters. The van der Waals surface area contributed by atoms with E-state index >= 15 is 0 Å². The SMILES string of the molecule is CCOC(=O)C1=C(C)N=c2s/c(=C/c3ccc(N(C)C)c(Br)c3)c(=O)n2[C@H]1c1cccs1. The monoisotopic (exact) mass is 531 g/mol. The minimum absolute atomic E-state index is 0.172. The summed E-state index contributed by atoms with van der Waals surface area (Å²) in [4.78, 5) is 34.4. The highest BCUT2D eigenvalue weighted by molar-refractivity contribution is 9.10. The van der Waals surface area contributed by atoms with Crippen LogP contribution < -0.4 is 19.8 Å². The number of ether oxygens (including phenoxy) is 1. The third-order valence-corrected chi connectivity index (χ3v) is 7.62. The van der Waals surface area contributed by atoms with Gasteiger partial charge in [-0.25, -0.2) is 9.79 Å². The lowest BCUT2D eigenvalue weighted by molar-refractivity contribution is -0.139. The zero-order chi connectivity index (χ0) is 23.0. The number of carbonyl (C=O) groups excluding carboxylic acids is 1. The van der Waals surface area contributed by atoms with Crippen molar-refractivity contribution in [2.24, 2.45) is 4.99 Å². The summed E-state index contributed by atoms with van der Waals surface area (Å²) in [5, 5.41) is 1.94. The number of allylic oxidation sites excluding steroid dienone is 1. The number of hydrogen-bond donors (Lipinski definition) is 0.